The van der Waals surface area contributed by atoms with Crippen LogP contribution in [0.25, 0.3) is 6.08 Å². The quantitative estimate of drug-likeness (QED) is 0.604. The predicted molar refractivity (Wildman–Crippen MR) is 88.1 cm³/mol. The van der Waals surface area contributed by atoms with Crippen molar-refractivity contribution < 1.29 is 9.53 Å². The van der Waals surface area contributed by atoms with E-state index in [1.54, 1.807) is 29.9 Å². The molecule has 4 heteroatoms. The first-order valence-corrected chi connectivity index (χ1v) is 7.41. The smallest absolute Gasteiger partial charge is 0.203 e. The van der Waals surface area contributed by atoms with Crippen LogP contribution in [0.5, 0.6) is 5.75 Å². The summed E-state index contributed by atoms with van der Waals surface area (Å²) in [6.07, 6.45) is 3.37. The highest BCUT2D eigenvalue weighted by atomic mass is 16.5. The monoisotopic (exact) mass is 298 g/mol. The van der Waals surface area contributed by atoms with Gasteiger partial charge in [0.2, 0.25) is 5.78 Å². The van der Waals surface area contributed by atoms with Crippen LogP contribution in [0.2, 0.25) is 0 Å². The van der Waals surface area contributed by atoms with Gasteiger partial charge in [-0.25, -0.2) is 0 Å². The maximum absolute atomic E-state index is 12.2. The summed E-state index contributed by atoms with van der Waals surface area (Å²) in [5.74, 6) is 1.24. The van der Waals surface area contributed by atoms with Crippen LogP contribution in [0, 0.1) is 12.8 Å². The second kappa shape index (κ2) is 7.07. The van der Waals surface area contributed by atoms with Crippen molar-refractivity contribution in [1.29, 1.82) is 0 Å². The second-order valence-corrected chi connectivity index (χ2v) is 5.77. The van der Waals surface area contributed by atoms with Gasteiger partial charge in [0.1, 0.15) is 11.4 Å². The average Bonchev–Trinajstić information content (AvgIpc) is 2.82. The normalized spacial score (nSPS) is 11.3. The van der Waals surface area contributed by atoms with Crippen molar-refractivity contribution in [3.05, 3.63) is 53.4 Å². The molecule has 0 bridgehead atoms. The molecule has 116 valence electrons. The van der Waals surface area contributed by atoms with E-state index >= 15 is 0 Å². The molecule has 0 unspecified atom stereocenters. The van der Waals surface area contributed by atoms with Crippen molar-refractivity contribution in [2.75, 3.05) is 6.61 Å². The maximum Gasteiger partial charge on any atom is 0.203 e. The van der Waals surface area contributed by atoms with E-state index in [1.807, 2.05) is 31.2 Å². The van der Waals surface area contributed by atoms with Crippen molar-refractivity contribution in [3.8, 4) is 5.75 Å². The molecule has 1 heterocycles. The molecule has 0 N–H and O–H groups in total. The Bertz CT molecular complexity index is 684. The van der Waals surface area contributed by atoms with Crippen LogP contribution in [0.3, 0.4) is 0 Å². The van der Waals surface area contributed by atoms with Gasteiger partial charge in [-0.3, -0.25) is 9.48 Å². The summed E-state index contributed by atoms with van der Waals surface area (Å²) >= 11 is 0. The fourth-order valence-electron chi connectivity index (χ4n) is 2.07. The molecule has 0 radical (unpaired) electrons. The molecule has 2 aromatic rings. The van der Waals surface area contributed by atoms with E-state index in [-0.39, 0.29) is 5.78 Å². The number of benzene rings is 1. The molecule has 0 saturated carbocycles. The van der Waals surface area contributed by atoms with E-state index < -0.39 is 0 Å². The first kappa shape index (κ1) is 16.0. The summed E-state index contributed by atoms with van der Waals surface area (Å²) < 4.78 is 7.29. The van der Waals surface area contributed by atoms with Crippen LogP contribution in [0.15, 0.2) is 36.4 Å². The summed E-state index contributed by atoms with van der Waals surface area (Å²) in [5.41, 5.74) is 2.36. The Morgan fingerprint density at radius 1 is 1.36 bits per heavy atom. The zero-order chi connectivity index (χ0) is 16.1. The molecule has 0 aliphatic heterocycles. The van der Waals surface area contributed by atoms with E-state index in [0.717, 1.165) is 17.0 Å². The summed E-state index contributed by atoms with van der Waals surface area (Å²) in [6.45, 7) is 6.77. The lowest BCUT2D eigenvalue weighted by Gasteiger charge is -2.08. The number of hydrogen-bond donors (Lipinski definition) is 0. The van der Waals surface area contributed by atoms with Crippen molar-refractivity contribution in [2.45, 2.75) is 20.8 Å². The number of carbonyl (C=O) groups excluding carboxylic acids is 1. The number of hydrogen-bond acceptors (Lipinski definition) is 3. The fraction of sp³-hybridized carbons (Fsp3) is 0.333. The van der Waals surface area contributed by atoms with Gasteiger partial charge >= 0.3 is 0 Å². The molecule has 0 atom stereocenters. The van der Waals surface area contributed by atoms with Crippen LogP contribution in [0.4, 0.5) is 0 Å². The van der Waals surface area contributed by atoms with E-state index in [1.165, 1.54) is 0 Å². The molecule has 1 aromatic heterocycles. The van der Waals surface area contributed by atoms with E-state index in [0.29, 0.717) is 18.2 Å². The molecule has 22 heavy (non-hydrogen) atoms. The van der Waals surface area contributed by atoms with Crippen LogP contribution in [0.1, 0.15) is 35.6 Å². The summed E-state index contributed by atoms with van der Waals surface area (Å²) in [7, 11) is 1.77. The summed E-state index contributed by atoms with van der Waals surface area (Å²) in [4.78, 5) is 12.2. The van der Waals surface area contributed by atoms with Crippen molar-refractivity contribution in [1.82, 2.24) is 9.78 Å². The Balaban J connectivity index is 2.08. The molecule has 0 fully saturated rings. The molecule has 2 rings (SSSR count). The van der Waals surface area contributed by atoms with Gasteiger partial charge in [0.05, 0.1) is 12.3 Å². The molecule has 0 amide bonds. The highest BCUT2D eigenvalue weighted by molar-refractivity contribution is 6.05. The molecule has 0 saturated heterocycles. The van der Waals surface area contributed by atoms with Crippen molar-refractivity contribution in [3.63, 3.8) is 0 Å². The first-order valence-electron chi connectivity index (χ1n) is 7.41. The van der Waals surface area contributed by atoms with Gasteiger partial charge in [0.15, 0.2) is 0 Å². The minimum Gasteiger partial charge on any atom is -0.493 e. The lowest BCUT2D eigenvalue weighted by Crippen LogP contribution is -2.04. The molecule has 1 aromatic carbocycles. The van der Waals surface area contributed by atoms with Gasteiger partial charge in [-0.1, -0.05) is 32.1 Å². The van der Waals surface area contributed by atoms with Gasteiger partial charge < -0.3 is 4.74 Å². The Labute approximate surface area is 131 Å². The number of aryl methyl sites for hydroxylation is 2. The van der Waals surface area contributed by atoms with Gasteiger partial charge in [0, 0.05) is 7.05 Å². The standard InChI is InChI=1S/C18H22N2O2/c1-13(2)12-22-16-7-5-6-15(11-16)8-9-18(21)17-10-14(3)19-20(17)4/h5-11,13H,12H2,1-4H3/b9-8+. The lowest BCUT2D eigenvalue weighted by molar-refractivity contribution is 0.103. The molecule has 0 aliphatic rings. The Kier molecular flexibility index (Phi) is 5.15. The van der Waals surface area contributed by atoms with Crippen molar-refractivity contribution >= 4 is 11.9 Å². The largest absolute Gasteiger partial charge is 0.493 e. The Hall–Kier alpha value is -2.36. The number of carbonyl (C=O) groups is 1. The highest BCUT2D eigenvalue weighted by Gasteiger charge is 2.08. The van der Waals surface area contributed by atoms with Crippen molar-refractivity contribution in [2.24, 2.45) is 13.0 Å². The molecule has 4 nitrogen and oxygen atoms in total. The fourth-order valence-corrected chi connectivity index (χ4v) is 2.07. The van der Waals surface area contributed by atoms with Crippen LogP contribution < -0.4 is 4.74 Å². The van der Waals surface area contributed by atoms with E-state index in [2.05, 4.69) is 18.9 Å². The highest BCUT2D eigenvalue weighted by Crippen LogP contribution is 2.16. The summed E-state index contributed by atoms with van der Waals surface area (Å²) in [5, 5.41) is 4.18. The zero-order valence-electron chi connectivity index (χ0n) is 13.5. The van der Waals surface area contributed by atoms with Gasteiger partial charge in [-0.2, -0.15) is 5.10 Å². The third-order valence-electron chi connectivity index (χ3n) is 3.12. The molecular weight excluding hydrogens is 276 g/mol. The SMILES string of the molecule is Cc1cc(C(=O)/C=C/c2cccc(OCC(C)C)c2)n(C)n1. The number of aromatic nitrogens is 2. The van der Waals surface area contributed by atoms with E-state index in [4.69, 9.17) is 4.74 Å². The third kappa shape index (κ3) is 4.32. The number of rotatable bonds is 6. The molecule has 0 aliphatic carbocycles. The third-order valence-corrected chi connectivity index (χ3v) is 3.12. The Morgan fingerprint density at radius 2 is 2.14 bits per heavy atom. The van der Waals surface area contributed by atoms with Crippen LogP contribution in [-0.4, -0.2) is 22.2 Å². The van der Waals surface area contributed by atoms with Gasteiger partial charge in [0.25, 0.3) is 0 Å². The Morgan fingerprint density at radius 3 is 2.77 bits per heavy atom. The maximum atomic E-state index is 12.2. The van der Waals surface area contributed by atoms with Crippen LogP contribution in [-0.2, 0) is 7.05 Å². The average molecular weight is 298 g/mol. The number of ketones is 1. The first-order chi connectivity index (χ1) is 10.5. The van der Waals surface area contributed by atoms with Gasteiger partial charge in [-0.05, 0) is 42.7 Å². The molecular formula is C18H22N2O2. The number of nitrogens with zero attached hydrogens (tertiary/aromatic N) is 2. The summed E-state index contributed by atoms with van der Waals surface area (Å²) in [6, 6.07) is 9.51. The number of ether oxygens (including phenoxy) is 1. The molecule has 0 spiro atoms. The minimum atomic E-state index is -0.0587. The minimum absolute atomic E-state index is 0.0587. The van der Waals surface area contributed by atoms with E-state index in [9.17, 15) is 4.79 Å². The zero-order valence-corrected chi connectivity index (χ0v) is 13.5. The topological polar surface area (TPSA) is 44.1 Å². The lowest BCUT2D eigenvalue weighted by atomic mass is 10.1. The van der Waals surface area contributed by atoms with Gasteiger partial charge in [-0.15, -0.1) is 0 Å². The second-order valence-electron chi connectivity index (χ2n) is 5.77. The van der Waals surface area contributed by atoms with Crippen LogP contribution >= 0.6 is 0 Å². The number of allylic oxidation sites excluding steroid dienone is 1. The predicted octanol–water partition coefficient (Wildman–Crippen LogP) is 3.66.